The fraction of sp³-hybridized carbons (Fsp3) is 0.158. The number of carbonyl (C=O) groups excluding carboxylic acids is 1. The predicted molar refractivity (Wildman–Crippen MR) is 99.1 cm³/mol. The van der Waals surface area contributed by atoms with Gasteiger partial charge in [0.05, 0.1) is 24.1 Å². The van der Waals surface area contributed by atoms with Gasteiger partial charge in [0.2, 0.25) is 5.91 Å². The summed E-state index contributed by atoms with van der Waals surface area (Å²) in [7, 11) is 1.63. The van der Waals surface area contributed by atoms with Crippen LogP contribution in [0.5, 0.6) is 0 Å². The quantitative estimate of drug-likeness (QED) is 0.783. The summed E-state index contributed by atoms with van der Waals surface area (Å²) >= 11 is 1.80. The molecule has 0 aliphatic carbocycles. The third-order valence-corrected chi connectivity index (χ3v) is 5.27. The average molecular weight is 350 g/mol. The first-order chi connectivity index (χ1) is 12.2. The molecule has 1 aliphatic heterocycles. The van der Waals surface area contributed by atoms with Crippen molar-refractivity contribution in [2.75, 3.05) is 11.9 Å². The summed E-state index contributed by atoms with van der Waals surface area (Å²) in [6, 6.07) is 16.9. The summed E-state index contributed by atoms with van der Waals surface area (Å²) in [6.07, 6.45) is 3.76. The van der Waals surface area contributed by atoms with Crippen molar-refractivity contribution in [1.82, 2.24) is 15.1 Å². The molecule has 6 heteroatoms. The van der Waals surface area contributed by atoms with E-state index in [0.29, 0.717) is 6.54 Å². The summed E-state index contributed by atoms with van der Waals surface area (Å²) < 4.78 is 1.67. The third-order valence-electron chi connectivity index (χ3n) is 4.14. The Morgan fingerprint density at radius 1 is 1.08 bits per heavy atom. The average Bonchev–Trinajstić information content (AvgIpc) is 3.08. The maximum absolute atomic E-state index is 11.5. The van der Waals surface area contributed by atoms with Crippen molar-refractivity contribution in [3.05, 3.63) is 66.5 Å². The Morgan fingerprint density at radius 2 is 1.72 bits per heavy atom. The van der Waals surface area contributed by atoms with Crippen LogP contribution in [0.2, 0.25) is 0 Å². The Labute approximate surface area is 150 Å². The molecule has 0 spiro atoms. The molecule has 1 aromatic heterocycles. The van der Waals surface area contributed by atoms with Crippen LogP contribution in [0.3, 0.4) is 0 Å². The topological polar surface area (TPSA) is 50.2 Å². The minimum Gasteiger partial charge on any atom is -0.358 e. The van der Waals surface area contributed by atoms with Gasteiger partial charge in [-0.05, 0) is 24.3 Å². The first kappa shape index (κ1) is 15.8. The number of hydrogen-bond donors (Lipinski definition) is 1. The van der Waals surface area contributed by atoms with Crippen LogP contribution in [0, 0.1) is 0 Å². The number of benzene rings is 2. The number of likely N-dealkylation sites (N-methyl/N-ethyl adjacent to an activating group) is 1. The minimum absolute atomic E-state index is 0.0558. The van der Waals surface area contributed by atoms with Crippen LogP contribution < -0.4 is 10.2 Å². The molecule has 3 aromatic rings. The van der Waals surface area contributed by atoms with Gasteiger partial charge in [-0.15, -0.1) is 0 Å². The normalized spacial score (nSPS) is 12.4. The highest BCUT2D eigenvalue weighted by atomic mass is 32.2. The molecule has 5 nitrogen and oxygen atoms in total. The van der Waals surface area contributed by atoms with E-state index in [-0.39, 0.29) is 12.5 Å². The van der Waals surface area contributed by atoms with Crippen molar-refractivity contribution in [3.8, 4) is 0 Å². The van der Waals surface area contributed by atoms with Gasteiger partial charge in [0, 0.05) is 28.6 Å². The third kappa shape index (κ3) is 3.13. The smallest absolute Gasteiger partial charge is 0.241 e. The Balaban J connectivity index is 1.65. The van der Waals surface area contributed by atoms with E-state index < -0.39 is 0 Å². The number of aromatic nitrogens is 2. The van der Waals surface area contributed by atoms with Crippen molar-refractivity contribution >= 4 is 29.0 Å². The Morgan fingerprint density at radius 3 is 2.36 bits per heavy atom. The molecule has 1 amide bonds. The van der Waals surface area contributed by atoms with E-state index in [2.05, 4.69) is 63.8 Å². The Kier molecular flexibility index (Phi) is 4.19. The highest BCUT2D eigenvalue weighted by Gasteiger charge is 2.23. The van der Waals surface area contributed by atoms with Gasteiger partial charge in [-0.25, -0.2) is 0 Å². The number of carbonyl (C=O) groups is 1. The van der Waals surface area contributed by atoms with Crippen molar-refractivity contribution in [3.63, 3.8) is 0 Å². The fourth-order valence-electron chi connectivity index (χ4n) is 2.93. The van der Waals surface area contributed by atoms with Crippen LogP contribution in [-0.2, 0) is 17.9 Å². The first-order valence-electron chi connectivity index (χ1n) is 8.10. The fourth-order valence-corrected chi connectivity index (χ4v) is 4.03. The van der Waals surface area contributed by atoms with Crippen LogP contribution in [0.1, 0.15) is 5.56 Å². The second-order valence-electron chi connectivity index (χ2n) is 5.84. The summed E-state index contributed by atoms with van der Waals surface area (Å²) in [4.78, 5) is 16.3. The van der Waals surface area contributed by atoms with E-state index in [4.69, 9.17) is 0 Å². The van der Waals surface area contributed by atoms with Gasteiger partial charge in [0.25, 0.3) is 0 Å². The molecule has 0 bridgehead atoms. The number of rotatable bonds is 4. The van der Waals surface area contributed by atoms with Crippen molar-refractivity contribution in [1.29, 1.82) is 0 Å². The van der Waals surface area contributed by atoms with E-state index in [9.17, 15) is 4.79 Å². The molecule has 25 heavy (non-hydrogen) atoms. The largest absolute Gasteiger partial charge is 0.358 e. The van der Waals surface area contributed by atoms with E-state index in [0.717, 1.165) is 5.56 Å². The number of para-hydroxylation sites is 2. The van der Waals surface area contributed by atoms with Crippen LogP contribution >= 0.6 is 11.8 Å². The molecule has 0 radical (unpaired) electrons. The van der Waals surface area contributed by atoms with Gasteiger partial charge in [0.1, 0.15) is 6.54 Å². The number of hydrogen-bond acceptors (Lipinski definition) is 4. The van der Waals surface area contributed by atoms with E-state index in [1.54, 1.807) is 23.5 Å². The van der Waals surface area contributed by atoms with Gasteiger partial charge in [-0.2, -0.15) is 5.10 Å². The van der Waals surface area contributed by atoms with Crippen LogP contribution in [0.25, 0.3) is 0 Å². The number of anilines is 2. The van der Waals surface area contributed by atoms with Crippen LogP contribution in [0.15, 0.2) is 70.7 Å². The molecule has 0 saturated heterocycles. The van der Waals surface area contributed by atoms with Gasteiger partial charge in [-0.3, -0.25) is 9.48 Å². The lowest BCUT2D eigenvalue weighted by molar-refractivity contribution is -0.121. The van der Waals surface area contributed by atoms with Crippen molar-refractivity contribution in [2.45, 2.75) is 22.9 Å². The number of nitrogens with one attached hydrogen (secondary N) is 1. The van der Waals surface area contributed by atoms with Gasteiger partial charge in [-0.1, -0.05) is 36.0 Å². The molecule has 0 saturated carbocycles. The van der Waals surface area contributed by atoms with Crippen LogP contribution in [-0.4, -0.2) is 22.7 Å². The zero-order chi connectivity index (χ0) is 17.2. The molecular formula is C19H18N4OS. The molecule has 0 atom stereocenters. The highest BCUT2D eigenvalue weighted by Crippen LogP contribution is 2.48. The van der Waals surface area contributed by atoms with Crippen molar-refractivity contribution < 1.29 is 4.79 Å². The van der Waals surface area contributed by atoms with Crippen molar-refractivity contribution in [2.24, 2.45) is 0 Å². The zero-order valence-electron chi connectivity index (χ0n) is 13.8. The SMILES string of the molecule is CNC(=O)Cn1cc(CN2c3ccccc3Sc3ccccc32)cn1. The molecule has 2 aromatic carbocycles. The molecule has 1 aliphatic rings. The predicted octanol–water partition coefficient (Wildman–Crippen LogP) is 3.43. The molecule has 0 fully saturated rings. The maximum Gasteiger partial charge on any atom is 0.241 e. The summed E-state index contributed by atoms with van der Waals surface area (Å²) in [5.41, 5.74) is 3.47. The highest BCUT2D eigenvalue weighted by molar-refractivity contribution is 7.99. The molecule has 4 rings (SSSR count). The van der Waals surface area contributed by atoms with E-state index in [1.165, 1.54) is 21.2 Å². The number of amides is 1. The lowest BCUT2D eigenvalue weighted by atomic mass is 10.2. The summed E-state index contributed by atoms with van der Waals surface area (Å²) in [6.45, 7) is 0.946. The zero-order valence-corrected chi connectivity index (χ0v) is 14.7. The van der Waals surface area contributed by atoms with Gasteiger partial charge < -0.3 is 10.2 Å². The first-order valence-corrected chi connectivity index (χ1v) is 8.91. The van der Waals surface area contributed by atoms with Gasteiger partial charge in [0.15, 0.2) is 0 Å². The molecular weight excluding hydrogens is 332 g/mol. The second kappa shape index (κ2) is 6.64. The monoisotopic (exact) mass is 350 g/mol. The summed E-state index contributed by atoms with van der Waals surface area (Å²) in [5.74, 6) is -0.0558. The summed E-state index contributed by atoms with van der Waals surface area (Å²) in [5, 5.41) is 6.92. The maximum atomic E-state index is 11.5. The molecule has 0 unspecified atom stereocenters. The minimum atomic E-state index is -0.0558. The molecule has 126 valence electrons. The van der Waals surface area contributed by atoms with Gasteiger partial charge >= 0.3 is 0 Å². The van der Waals surface area contributed by atoms with E-state index >= 15 is 0 Å². The lowest BCUT2D eigenvalue weighted by Gasteiger charge is -2.32. The Hall–Kier alpha value is -2.73. The lowest BCUT2D eigenvalue weighted by Crippen LogP contribution is -2.23. The standard InChI is InChI=1S/C19H18N4OS/c1-20-19(24)13-22-11-14(10-21-22)12-23-15-6-2-4-8-17(15)25-18-9-5-3-7-16(18)23/h2-11H,12-13H2,1H3,(H,20,24). The van der Waals surface area contributed by atoms with E-state index in [1.807, 2.05) is 12.4 Å². The number of fused-ring (bicyclic) bond motifs is 2. The number of nitrogens with zero attached hydrogens (tertiary/aromatic N) is 3. The molecule has 1 N–H and O–H groups in total. The second-order valence-corrected chi connectivity index (χ2v) is 6.93. The Bertz CT molecular complexity index is 876. The van der Waals surface area contributed by atoms with Crippen LogP contribution in [0.4, 0.5) is 11.4 Å². The molecule has 2 heterocycles.